The van der Waals surface area contributed by atoms with E-state index in [1.807, 2.05) is 0 Å². The maximum absolute atomic E-state index is 13.2. The zero-order valence-corrected chi connectivity index (χ0v) is 17.8. The fourth-order valence-corrected chi connectivity index (χ4v) is 3.58. The largest absolute Gasteiger partial charge is 0.467 e. The molecule has 1 saturated heterocycles. The zero-order valence-electron chi connectivity index (χ0n) is 16.3. The Hall–Kier alpha value is -2.09. The number of hydrogen-bond acceptors (Lipinski definition) is 4. The molecule has 0 saturated carbocycles. The first-order valence-corrected chi connectivity index (χ1v) is 10.5. The highest BCUT2D eigenvalue weighted by atomic mass is 35.5. The number of carbonyl (C=O) groups excluding carboxylic acids is 2. The SMILES string of the molecule is O=C(CN(CC1CCCO1)C(=O)C(Cl)Cl)N(Cc1ccc(F)cc1)Cc1ccco1. The molecule has 2 heterocycles. The number of alkyl halides is 2. The molecule has 6 nitrogen and oxygen atoms in total. The summed E-state index contributed by atoms with van der Waals surface area (Å²) in [6.45, 7) is 1.10. The monoisotopic (exact) mass is 456 g/mol. The van der Waals surface area contributed by atoms with Crippen molar-refractivity contribution < 1.29 is 23.1 Å². The first-order valence-electron chi connectivity index (χ1n) is 9.65. The third-order valence-corrected chi connectivity index (χ3v) is 5.21. The van der Waals surface area contributed by atoms with E-state index in [9.17, 15) is 14.0 Å². The summed E-state index contributed by atoms with van der Waals surface area (Å²) in [5.41, 5.74) is 0.751. The average molecular weight is 457 g/mol. The summed E-state index contributed by atoms with van der Waals surface area (Å²) in [4.78, 5) is 27.2. The Bertz CT molecular complexity index is 824. The molecule has 1 aliphatic rings. The molecule has 1 fully saturated rings. The van der Waals surface area contributed by atoms with Crippen LogP contribution in [0.4, 0.5) is 4.39 Å². The molecule has 30 heavy (non-hydrogen) atoms. The molecule has 0 radical (unpaired) electrons. The van der Waals surface area contributed by atoms with Crippen molar-refractivity contribution in [2.24, 2.45) is 0 Å². The molecule has 3 rings (SSSR count). The Balaban J connectivity index is 1.74. The molecule has 0 N–H and O–H groups in total. The fraction of sp³-hybridized carbons (Fsp3) is 0.429. The summed E-state index contributed by atoms with van der Waals surface area (Å²) in [5.74, 6) is -0.612. The maximum Gasteiger partial charge on any atom is 0.256 e. The van der Waals surface area contributed by atoms with Gasteiger partial charge in [0, 0.05) is 19.7 Å². The molecule has 0 spiro atoms. The number of rotatable bonds is 9. The van der Waals surface area contributed by atoms with Crippen LogP contribution in [0.1, 0.15) is 24.2 Å². The van der Waals surface area contributed by atoms with Gasteiger partial charge in [-0.05, 0) is 42.7 Å². The summed E-state index contributed by atoms with van der Waals surface area (Å²) < 4.78 is 24.2. The molecule has 2 aromatic rings. The van der Waals surface area contributed by atoms with Crippen LogP contribution in [0.25, 0.3) is 0 Å². The second-order valence-electron chi connectivity index (χ2n) is 7.11. The van der Waals surface area contributed by atoms with Gasteiger partial charge >= 0.3 is 0 Å². The minimum absolute atomic E-state index is 0.149. The van der Waals surface area contributed by atoms with Gasteiger partial charge in [-0.3, -0.25) is 9.59 Å². The molecule has 1 atom stereocenters. The molecule has 9 heteroatoms. The Morgan fingerprint density at radius 2 is 1.90 bits per heavy atom. The normalized spacial score (nSPS) is 16.1. The van der Waals surface area contributed by atoms with Gasteiger partial charge in [0.1, 0.15) is 11.6 Å². The highest BCUT2D eigenvalue weighted by molar-refractivity contribution is 6.53. The van der Waals surface area contributed by atoms with E-state index in [0.29, 0.717) is 12.4 Å². The van der Waals surface area contributed by atoms with Gasteiger partial charge in [0.2, 0.25) is 5.91 Å². The van der Waals surface area contributed by atoms with E-state index in [1.165, 1.54) is 23.3 Å². The van der Waals surface area contributed by atoms with Crippen molar-refractivity contribution in [1.82, 2.24) is 9.80 Å². The van der Waals surface area contributed by atoms with Crippen LogP contribution in [-0.2, 0) is 27.4 Å². The van der Waals surface area contributed by atoms with E-state index < -0.39 is 10.7 Å². The van der Waals surface area contributed by atoms with E-state index in [2.05, 4.69) is 0 Å². The van der Waals surface area contributed by atoms with Gasteiger partial charge in [-0.2, -0.15) is 0 Å². The lowest BCUT2D eigenvalue weighted by Gasteiger charge is -2.29. The summed E-state index contributed by atoms with van der Waals surface area (Å²) in [6, 6.07) is 9.39. The minimum atomic E-state index is -1.27. The van der Waals surface area contributed by atoms with E-state index in [0.717, 1.165) is 18.4 Å². The second kappa shape index (κ2) is 10.8. The molecule has 1 aromatic carbocycles. The average Bonchev–Trinajstić information content (AvgIpc) is 3.42. The van der Waals surface area contributed by atoms with E-state index in [4.69, 9.17) is 32.4 Å². The summed E-state index contributed by atoms with van der Waals surface area (Å²) in [6.07, 6.45) is 3.08. The van der Waals surface area contributed by atoms with E-state index in [-0.39, 0.29) is 44.0 Å². The van der Waals surface area contributed by atoms with Crippen molar-refractivity contribution in [2.45, 2.75) is 36.9 Å². The number of hydrogen-bond donors (Lipinski definition) is 0. The smallest absolute Gasteiger partial charge is 0.256 e. The molecule has 162 valence electrons. The highest BCUT2D eigenvalue weighted by Gasteiger charge is 2.29. The lowest BCUT2D eigenvalue weighted by atomic mass is 10.2. The van der Waals surface area contributed by atoms with Gasteiger partial charge < -0.3 is 19.0 Å². The first-order chi connectivity index (χ1) is 14.4. The Kier molecular flexibility index (Phi) is 8.13. The van der Waals surface area contributed by atoms with Crippen molar-refractivity contribution in [1.29, 1.82) is 0 Å². The lowest BCUT2D eigenvalue weighted by molar-refractivity contribution is -0.141. The number of ether oxygens (including phenoxy) is 1. The van der Waals surface area contributed by atoms with Crippen molar-refractivity contribution >= 4 is 35.0 Å². The predicted octanol–water partition coefficient (Wildman–Crippen LogP) is 3.76. The van der Waals surface area contributed by atoms with Gasteiger partial charge in [-0.25, -0.2) is 4.39 Å². The third kappa shape index (κ3) is 6.45. The van der Waals surface area contributed by atoms with Gasteiger partial charge in [0.25, 0.3) is 5.91 Å². The molecule has 2 amide bonds. The van der Waals surface area contributed by atoms with E-state index >= 15 is 0 Å². The number of carbonyl (C=O) groups is 2. The molecule has 1 aromatic heterocycles. The van der Waals surface area contributed by atoms with Crippen LogP contribution in [0.3, 0.4) is 0 Å². The maximum atomic E-state index is 13.2. The zero-order chi connectivity index (χ0) is 21.5. The number of halogens is 3. The van der Waals surface area contributed by atoms with Crippen molar-refractivity contribution in [3.63, 3.8) is 0 Å². The van der Waals surface area contributed by atoms with Gasteiger partial charge in [0.05, 0.1) is 25.5 Å². The number of amides is 2. The van der Waals surface area contributed by atoms with Gasteiger partial charge in [-0.15, -0.1) is 0 Å². The number of furan rings is 1. The molecule has 1 aliphatic heterocycles. The van der Waals surface area contributed by atoms with Crippen LogP contribution >= 0.6 is 23.2 Å². The quantitative estimate of drug-likeness (QED) is 0.538. The van der Waals surface area contributed by atoms with Crippen LogP contribution in [0.2, 0.25) is 0 Å². The van der Waals surface area contributed by atoms with Crippen LogP contribution in [-0.4, -0.2) is 52.3 Å². The van der Waals surface area contributed by atoms with Crippen LogP contribution in [0.15, 0.2) is 47.1 Å². The predicted molar refractivity (Wildman–Crippen MR) is 110 cm³/mol. The lowest BCUT2D eigenvalue weighted by Crippen LogP contribution is -2.46. The minimum Gasteiger partial charge on any atom is -0.467 e. The van der Waals surface area contributed by atoms with Crippen LogP contribution in [0, 0.1) is 5.82 Å². The Labute approximate surface area is 184 Å². The standard InChI is InChI=1S/C21H23Cl2FN2O4/c22-20(23)21(28)26(13-18-4-2-10-30-18)14-19(27)25(12-17-3-1-9-29-17)11-15-5-7-16(24)8-6-15/h1,3,5-9,18,20H,2,4,10-14H2. The van der Waals surface area contributed by atoms with Crippen LogP contribution in [0.5, 0.6) is 0 Å². The van der Waals surface area contributed by atoms with Gasteiger partial charge in [-0.1, -0.05) is 35.3 Å². The third-order valence-electron chi connectivity index (χ3n) is 4.84. The number of nitrogens with zero attached hydrogens (tertiary/aromatic N) is 2. The molecular weight excluding hydrogens is 434 g/mol. The first kappa shape index (κ1) is 22.6. The number of benzene rings is 1. The van der Waals surface area contributed by atoms with E-state index in [1.54, 1.807) is 29.2 Å². The topological polar surface area (TPSA) is 63.0 Å². The second-order valence-corrected chi connectivity index (χ2v) is 8.21. The fourth-order valence-electron chi connectivity index (χ4n) is 3.30. The van der Waals surface area contributed by atoms with Crippen LogP contribution < -0.4 is 0 Å². The molecule has 0 aliphatic carbocycles. The molecule has 1 unspecified atom stereocenters. The molecule has 0 bridgehead atoms. The highest BCUT2D eigenvalue weighted by Crippen LogP contribution is 2.17. The Morgan fingerprint density at radius 1 is 1.13 bits per heavy atom. The van der Waals surface area contributed by atoms with Gasteiger partial charge in [0.15, 0.2) is 4.84 Å². The van der Waals surface area contributed by atoms with Crippen molar-refractivity contribution in [2.75, 3.05) is 19.7 Å². The van der Waals surface area contributed by atoms with Crippen molar-refractivity contribution in [3.05, 3.63) is 59.8 Å². The van der Waals surface area contributed by atoms with Crippen molar-refractivity contribution in [3.8, 4) is 0 Å². The summed E-state index contributed by atoms with van der Waals surface area (Å²) >= 11 is 11.6. The summed E-state index contributed by atoms with van der Waals surface area (Å²) in [7, 11) is 0. The Morgan fingerprint density at radius 3 is 2.50 bits per heavy atom. The molecular formula is C21H23Cl2FN2O4. The summed E-state index contributed by atoms with van der Waals surface area (Å²) in [5, 5.41) is 0.